The minimum absolute atomic E-state index is 0.428. The lowest BCUT2D eigenvalue weighted by atomic mass is 10.0. The Hall–Kier alpha value is -0.500. The molecule has 0 aliphatic rings. The van der Waals surface area contributed by atoms with Crippen molar-refractivity contribution in [1.29, 1.82) is 0 Å². The van der Waals surface area contributed by atoms with Crippen LogP contribution in [-0.2, 0) is 6.42 Å². The highest BCUT2D eigenvalue weighted by atomic mass is 79.9. The SMILES string of the molecule is CCCCCCCCc1cc(Br)ccc1O. The van der Waals surface area contributed by atoms with Crippen LogP contribution in [0.3, 0.4) is 0 Å². The van der Waals surface area contributed by atoms with E-state index in [0.717, 1.165) is 16.5 Å². The van der Waals surface area contributed by atoms with Gasteiger partial charge >= 0.3 is 0 Å². The van der Waals surface area contributed by atoms with Crippen molar-refractivity contribution >= 4 is 15.9 Å². The summed E-state index contributed by atoms with van der Waals surface area (Å²) in [5, 5.41) is 9.65. The van der Waals surface area contributed by atoms with E-state index in [9.17, 15) is 5.11 Å². The molecule has 0 spiro atoms. The molecule has 0 aliphatic heterocycles. The highest BCUT2D eigenvalue weighted by Crippen LogP contribution is 2.23. The van der Waals surface area contributed by atoms with Crippen molar-refractivity contribution in [2.24, 2.45) is 0 Å². The molecule has 0 saturated heterocycles. The number of rotatable bonds is 7. The van der Waals surface area contributed by atoms with Gasteiger partial charge in [0.05, 0.1) is 0 Å². The normalized spacial score (nSPS) is 10.6. The quantitative estimate of drug-likeness (QED) is 0.694. The Kier molecular flexibility index (Phi) is 6.55. The minimum atomic E-state index is 0.428. The largest absolute Gasteiger partial charge is 0.508 e. The molecule has 0 unspecified atom stereocenters. The van der Waals surface area contributed by atoms with Crippen molar-refractivity contribution in [2.45, 2.75) is 51.9 Å². The maximum Gasteiger partial charge on any atom is 0.118 e. The predicted molar refractivity (Wildman–Crippen MR) is 72.9 cm³/mol. The summed E-state index contributed by atoms with van der Waals surface area (Å²) >= 11 is 3.43. The number of phenolic OH excluding ortho intramolecular Hbond substituents is 1. The zero-order valence-electron chi connectivity index (χ0n) is 10.0. The van der Waals surface area contributed by atoms with Crippen LogP contribution in [0.1, 0.15) is 51.0 Å². The zero-order valence-corrected chi connectivity index (χ0v) is 11.6. The lowest BCUT2D eigenvalue weighted by Gasteiger charge is -2.05. The molecule has 0 amide bonds. The van der Waals surface area contributed by atoms with Crippen LogP contribution in [0.25, 0.3) is 0 Å². The van der Waals surface area contributed by atoms with Crippen molar-refractivity contribution in [3.05, 3.63) is 28.2 Å². The number of benzene rings is 1. The van der Waals surface area contributed by atoms with Crippen molar-refractivity contribution in [1.82, 2.24) is 0 Å². The van der Waals surface area contributed by atoms with Crippen molar-refractivity contribution in [3.8, 4) is 5.75 Å². The average molecular weight is 285 g/mol. The molecule has 0 heterocycles. The van der Waals surface area contributed by atoms with Crippen LogP contribution >= 0.6 is 15.9 Å². The molecule has 0 bridgehead atoms. The first-order valence-electron chi connectivity index (χ1n) is 6.21. The third-order valence-electron chi connectivity index (χ3n) is 2.84. The van der Waals surface area contributed by atoms with Gasteiger partial charge in [0.1, 0.15) is 5.75 Å². The number of hydrogen-bond donors (Lipinski definition) is 1. The molecule has 1 N–H and O–H groups in total. The molecule has 2 heteroatoms. The van der Waals surface area contributed by atoms with E-state index < -0.39 is 0 Å². The summed E-state index contributed by atoms with van der Waals surface area (Å²) in [5.41, 5.74) is 1.06. The molecular formula is C14H21BrO. The summed E-state index contributed by atoms with van der Waals surface area (Å²) in [6.45, 7) is 2.24. The maximum absolute atomic E-state index is 9.65. The van der Waals surface area contributed by atoms with E-state index in [1.165, 1.54) is 38.5 Å². The Morgan fingerprint density at radius 2 is 1.75 bits per heavy atom. The van der Waals surface area contributed by atoms with Gasteiger partial charge in [0, 0.05) is 4.47 Å². The maximum atomic E-state index is 9.65. The van der Waals surface area contributed by atoms with Gasteiger partial charge in [0.15, 0.2) is 0 Å². The van der Waals surface area contributed by atoms with Crippen molar-refractivity contribution < 1.29 is 5.11 Å². The van der Waals surface area contributed by atoms with Gasteiger partial charge in [-0.3, -0.25) is 0 Å². The first kappa shape index (κ1) is 13.6. The van der Waals surface area contributed by atoms with Gasteiger partial charge in [-0.05, 0) is 36.6 Å². The van der Waals surface area contributed by atoms with Gasteiger partial charge in [-0.25, -0.2) is 0 Å². The molecule has 90 valence electrons. The highest BCUT2D eigenvalue weighted by Gasteiger charge is 2.01. The van der Waals surface area contributed by atoms with Crippen LogP contribution in [0, 0.1) is 0 Å². The fourth-order valence-electron chi connectivity index (χ4n) is 1.85. The molecular weight excluding hydrogens is 264 g/mol. The van der Waals surface area contributed by atoms with E-state index in [1.54, 1.807) is 6.07 Å². The van der Waals surface area contributed by atoms with Gasteiger partial charge in [0.2, 0.25) is 0 Å². The molecule has 16 heavy (non-hydrogen) atoms. The zero-order chi connectivity index (χ0) is 11.8. The topological polar surface area (TPSA) is 20.2 Å². The number of phenols is 1. The fourth-order valence-corrected chi connectivity index (χ4v) is 2.26. The lowest BCUT2D eigenvalue weighted by Crippen LogP contribution is -1.87. The number of hydrogen-bond acceptors (Lipinski definition) is 1. The standard InChI is InChI=1S/C14H21BrO/c1-2-3-4-5-6-7-8-12-11-13(15)9-10-14(12)16/h9-11,16H,2-8H2,1H3. The van der Waals surface area contributed by atoms with Crippen LogP contribution in [0.4, 0.5) is 0 Å². The summed E-state index contributed by atoms with van der Waals surface area (Å²) in [6, 6.07) is 5.65. The van der Waals surface area contributed by atoms with Crippen molar-refractivity contribution in [3.63, 3.8) is 0 Å². The summed E-state index contributed by atoms with van der Waals surface area (Å²) in [6.07, 6.45) is 8.75. The van der Waals surface area contributed by atoms with E-state index in [4.69, 9.17) is 0 Å². The van der Waals surface area contributed by atoms with Gasteiger partial charge in [0.25, 0.3) is 0 Å². The highest BCUT2D eigenvalue weighted by molar-refractivity contribution is 9.10. The minimum Gasteiger partial charge on any atom is -0.508 e. The second-order valence-corrected chi connectivity index (χ2v) is 5.21. The molecule has 1 rings (SSSR count). The molecule has 0 radical (unpaired) electrons. The Balaban J connectivity index is 2.23. The van der Waals surface area contributed by atoms with Gasteiger partial charge in [-0.15, -0.1) is 0 Å². The van der Waals surface area contributed by atoms with Crippen LogP contribution in [0.5, 0.6) is 5.75 Å². The molecule has 0 fully saturated rings. The second-order valence-electron chi connectivity index (χ2n) is 4.29. The molecule has 1 aromatic rings. The molecule has 1 aromatic carbocycles. The van der Waals surface area contributed by atoms with Crippen LogP contribution in [-0.4, -0.2) is 5.11 Å². The predicted octanol–water partition coefficient (Wildman–Crippen LogP) is 5.06. The van der Waals surface area contributed by atoms with Crippen LogP contribution in [0.2, 0.25) is 0 Å². The van der Waals surface area contributed by atoms with Gasteiger partial charge in [-0.2, -0.15) is 0 Å². The van der Waals surface area contributed by atoms with E-state index >= 15 is 0 Å². The fraction of sp³-hybridized carbons (Fsp3) is 0.571. The van der Waals surface area contributed by atoms with Crippen LogP contribution < -0.4 is 0 Å². The third-order valence-corrected chi connectivity index (χ3v) is 3.33. The Morgan fingerprint density at radius 1 is 1.06 bits per heavy atom. The van der Waals surface area contributed by atoms with E-state index in [0.29, 0.717) is 5.75 Å². The third kappa shape index (κ3) is 5.02. The van der Waals surface area contributed by atoms with E-state index in [2.05, 4.69) is 22.9 Å². The molecule has 0 atom stereocenters. The van der Waals surface area contributed by atoms with E-state index in [-0.39, 0.29) is 0 Å². The van der Waals surface area contributed by atoms with E-state index in [1.807, 2.05) is 12.1 Å². The summed E-state index contributed by atoms with van der Waals surface area (Å²) in [5.74, 6) is 0.428. The van der Waals surface area contributed by atoms with Gasteiger partial charge < -0.3 is 5.11 Å². The molecule has 0 aromatic heterocycles. The summed E-state index contributed by atoms with van der Waals surface area (Å²) < 4.78 is 1.05. The smallest absolute Gasteiger partial charge is 0.118 e. The lowest BCUT2D eigenvalue weighted by molar-refractivity contribution is 0.466. The first-order chi connectivity index (χ1) is 7.74. The van der Waals surface area contributed by atoms with Crippen LogP contribution in [0.15, 0.2) is 22.7 Å². The number of halogens is 1. The monoisotopic (exact) mass is 284 g/mol. The summed E-state index contributed by atoms with van der Waals surface area (Å²) in [7, 11) is 0. The molecule has 1 nitrogen and oxygen atoms in total. The molecule has 0 aliphatic carbocycles. The second kappa shape index (κ2) is 7.72. The Labute approximate surface area is 107 Å². The first-order valence-corrected chi connectivity index (χ1v) is 7.00. The van der Waals surface area contributed by atoms with Crippen molar-refractivity contribution in [2.75, 3.05) is 0 Å². The molecule has 0 saturated carbocycles. The average Bonchev–Trinajstić information content (AvgIpc) is 2.28. The number of aromatic hydroxyl groups is 1. The summed E-state index contributed by atoms with van der Waals surface area (Å²) in [4.78, 5) is 0. The number of aryl methyl sites for hydroxylation is 1. The Morgan fingerprint density at radius 3 is 2.50 bits per heavy atom. The Bertz CT molecular complexity index is 310. The number of unbranched alkanes of at least 4 members (excludes halogenated alkanes) is 5. The van der Waals surface area contributed by atoms with Gasteiger partial charge in [-0.1, -0.05) is 55.0 Å².